The van der Waals surface area contributed by atoms with Crippen LogP contribution in [0.15, 0.2) is 24.3 Å². The smallest absolute Gasteiger partial charge is 0.00911 e. The predicted molar refractivity (Wildman–Crippen MR) is 69.6 cm³/mol. The normalized spacial score (nSPS) is 18.5. The fourth-order valence-corrected chi connectivity index (χ4v) is 3.12. The van der Waals surface area contributed by atoms with Crippen molar-refractivity contribution in [3.63, 3.8) is 0 Å². The van der Waals surface area contributed by atoms with Crippen molar-refractivity contribution in [1.82, 2.24) is 0 Å². The summed E-state index contributed by atoms with van der Waals surface area (Å²) in [6.45, 7) is 2.21. The molecule has 0 N–H and O–H groups in total. The maximum atomic E-state index is 3.67. The third-order valence-electron chi connectivity index (χ3n) is 3.71. The lowest BCUT2D eigenvalue weighted by Crippen LogP contribution is -2.33. The van der Waals surface area contributed by atoms with Gasteiger partial charge in [0.2, 0.25) is 0 Å². The van der Waals surface area contributed by atoms with Crippen LogP contribution in [0.4, 0.5) is 0 Å². The van der Waals surface area contributed by atoms with Crippen LogP contribution in [-0.2, 0) is 12.8 Å². The molecule has 0 unspecified atom stereocenters. The first-order valence-electron chi connectivity index (χ1n) is 5.92. The van der Waals surface area contributed by atoms with E-state index in [0.29, 0.717) is 5.41 Å². The standard InChI is InChI=1S/C14H19Br/c1-2-12-4-6-13(7-5-12)10-14(11-15)8-3-9-14/h4-7H,2-3,8-11H2,1H3. The Bertz CT molecular complexity index is 303. The van der Waals surface area contributed by atoms with Gasteiger partial charge >= 0.3 is 0 Å². The maximum absolute atomic E-state index is 3.67. The van der Waals surface area contributed by atoms with Gasteiger partial charge in [-0.15, -0.1) is 0 Å². The zero-order valence-electron chi connectivity index (χ0n) is 9.43. The van der Waals surface area contributed by atoms with Crippen molar-refractivity contribution >= 4 is 15.9 Å². The number of aryl methyl sites for hydroxylation is 1. The molecule has 15 heavy (non-hydrogen) atoms. The van der Waals surface area contributed by atoms with Crippen LogP contribution in [0.2, 0.25) is 0 Å². The second-order valence-electron chi connectivity index (χ2n) is 4.83. The number of hydrogen-bond acceptors (Lipinski definition) is 0. The lowest BCUT2D eigenvalue weighted by molar-refractivity contribution is 0.170. The van der Waals surface area contributed by atoms with E-state index in [2.05, 4.69) is 47.1 Å². The van der Waals surface area contributed by atoms with Gasteiger partial charge in [-0.2, -0.15) is 0 Å². The van der Waals surface area contributed by atoms with E-state index in [-0.39, 0.29) is 0 Å². The predicted octanol–water partition coefficient (Wildman–Crippen LogP) is 4.36. The number of benzene rings is 1. The van der Waals surface area contributed by atoms with Gasteiger partial charge in [-0.3, -0.25) is 0 Å². The van der Waals surface area contributed by atoms with Crippen LogP contribution in [0.25, 0.3) is 0 Å². The van der Waals surface area contributed by atoms with E-state index in [0.717, 1.165) is 11.8 Å². The summed E-state index contributed by atoms with van der Waals surface area (Å²) in [7, 11) is 0. The molecule has 0 nitrogen and oxygen atoms in total. The van der Waals surface area contributed by atoms with Crippen LogP contribution in [0.3, 0.4) is 0 Å². The molecule has 1 aliphatic rings. The highest BCUT2D eigenvalue weighted by atomic mass is 79.9. The zero-order chi connectivity index (χ0) is 10.7. The van der Waals surface area contributed by atoms with Gasteiger partial charge in [0, 0.05) is 5.33 Å². The molecule has 0 atom stereocenters. The Morgan fingerprint density at radius 3 is 2.13 bits per heavy atom. The quantitative estimate of drug-likeness (QED) is 0.711. The van der Waals surface area contributed by atoms with E-state index in [1.807, 2.05) is 0 Å². The highest BCUT2D eigenvalue weighted by Crippen LogP contribution is 2.44. The first kappa shape index (κ1) is 11.2. The minimum Gasteiger partial charge on any atom is -0.0922 e. The monoisotopic (exact) mass is 266 g/mol. The van der Waals surface area contributed by atoms with Gasteiger partial charge in [0.25, 0.3) is 0 Å². The van der Waals surface area contributed by atoms with Crippen molar-refractivity contribution in [2.45, 2.75) is 39.0 Å². The maximum Gasteiger partial charge on any atom is 0.00911 e. The van der Waals surface area contributed by atoms with Gasteiger partial charge < -0.3 is 0 Å². The van der Waals surface area contributed by atoms with E-state index in [4.69, 9.17) is 0 Å². The van der Waals surface area contributed by atoms with E-state index < -0.39 is 0 Å². The SMILES string of the molecule is CCc1ccc(CC2(CBr)CCC2)cc1. The van der Waals surface area contributed by atoms with Crippen molar-refractivity contribution in [2.24, 2.45) is 5.41 Å². The molecule has 1 heteroatoms. The molecule has 0 saturated heterocycles. The summed E-state index contributed by atoms with van der Waals surface area (Å²) in [5.74, 6) is 0. The van der Waals surface area contributed by atoms with Gasteiger partial charge in [-0.1, -0.05) is 53.5 Å². The molecule has 0 aromatic heterocycles. The zero-order valence-corrected chi connectivity index (χ0v) is 11.0. The van der Waals surface area contributed by atoms with Crippen molar-refractivity contribution < 1.29 is 0 Å². The Hall–Kier alpha value is -0.300. The fraction of sp³-hybridized carbons (Fsp3) is 0.571. The number of alkyl halides is 1. The highest BCUT2D eigenvalue weighted by molar-refractivity contribution is 9.09. The lowest BCUT2D eigenvalue weighted by atomic mass is 9.67. The second-order valence-corrected chi connectivity index (χ2v) is 5.39. The lowest BCUT2D eigenvalue weighted by Gasteiger charge is -2.40. The number of rotatable bonds is 4. The summed E-state index contributed by atoms with van der Waals surface area (Å²) in [5, 5.41) is 1.16. The van der Waals surface area contributed by atoms with E-state index in [1.165, 1.54) is 36.8 Å². The van der Waals surface area contributed by atoms with Crippen LogP contribution in [0.1, 0.15) is 37.3 Å². The molecule has 0 spiro atoms. The van der Waals surface area contributed by atoms with Gasteiger partial charge in [-0.05, 0) is 42.2 Å². The highest BCUT2D eigenvalue weighted by Gasteiger charge is 2.35. The van der Waals surface area contributed by atoms with Gasteiger partial charge in [0.05, 0.1) is 0 Å². The Labute approximate surface area is 101 Å². The van der Waals surface area contributed by atoms with Crippen LogP contribution >= 0.6 is 15.9 Å². The molecule has 0 amide bonds. The molecular weight excluding hydrogens is 248 g/mol. The van der Waals surface area contributed by atoms with Gasteiger partial charge in [-0.25, -0.2) is 0 Å². The summed E-state index contributed by atoms with van der Waals surface area (Å²) in [6, 6.07) is 9.16. The van der Waals surface area contributed by atoms with Crippen LogP contribution in [-0.4, -0.2) is 5.33 Å². The van der Waals surface area contributed by atoms with E-state index in [9.17, 15) is 0 Å². The molecule has 2 rings (SSSR count). The van der Waals surface area contributed by atoms with Gasteiger partial charge in [0.1, 0.15) is 0 Å². The van der Waals surface area contributed by atoms with Crippen molar-refractivity contribution in [2.75, 3.05) is 5.33 Å². The molecule has 0 aliphatic heterocycles. The Balaban J connectivity index is 2.03. The molecule has 1 aliphatic carbocycles. The Kier molecular flexibility index (Phi) is 3.50. The summed E-state index contributed by atoms with van der Waals surface area (Å²) < 4.78 is 0. The molecule has 0 heterocycles. The van der Waals surface area contributed by atoms with Crippen LogP contribution in [0, 0.1) is 5.41 Å². The molecule has 1 aromatic carbocycles. The van der Waals surface area contributed by atoms with Crippen molar-refractivity contribution in [3.05, 3.63) is 35.4 Å². The molecule has 0 radical (unpaired) electrons. The third kappa shape index (κ3) is 2.44. The number of hydrogen-bond donors (Lipinski definition) is 0. The molecule has 1 saturated carbocycles. The third-order valence-corrected chi connectivity index (χ3v) is 4.90. The summed E-state index contributed by atoms with van der Waals surface area (Å²) >= 11 is 3.67. The van der Waals surface area contributed by atoms with Crippen molar-refractivity contribution in [1.29, 1.82) is 0 Å². The largest absolute Gasteiger partial charge is 0.0922 e. The summed E-state index contributed by atoms with van der Waals surface area (Å²) in [4.78, 5) is 0. The van der Waals surface area contributed by atoms with E-state index in [1.54, 1.807) is 0 Å². The minimum atomic E-state index is 0.577. The average molecular weight is 267 g/mol. The average Bonchev–Trinajstić information content (AvgIpc) is 2.24. The van der Waals surface area contributed by atoms with Crippen LogP contribution in [0.5, 0.6) is 0 Å². The molecule has 1 aromatic rings. The Morgan fingerprint density at radius 1 is 1.13 bits per heavy atom. The van der Waals surface area contributed by atoms with E-state index >= 15 is 0 Å². The summed E-state index contributed by atoms with van der Waals surface area (Å²) in [6.07, 6.45) is 6.60. The van der Waals surface area contributed by atoms with Crippen molar-refractivity contribution in [3.8, 4) is 0 Å². The first-order chi connectivity index (χ1) is 7.28. The van der Waals surface area contributed by atoms with Gasteiger partial charge in [0.15, 0.2) is 0 Å². The molecule has 0 bridgehead atoms. The van der Waals surface area contributed by atoms with Crippen LogP contribution < -0.4 is 0 Å². The second kappa shape index (κ2) is 4.69. The molecular formula is C14H19Br. The molecule has 1 fully saturated rings. The minimum absolute atomic E-state index is 0.577. The fourth-order valence-electron chi connectivity index (χ4n) is 2.36. The molecule has 82 valence electrons. The first-order valence-corrected chi connectivity index (χ1v) is 7.04. The summed E-state index contributed by atoms with van der Waals surface area (Å²) in [5.41, 5.74) is 3.53. The number of halogens is 1. The Morgan fingerprint density at radius 2 is 1.73 bits per heavy atom. The topological polar surface area (TPSA) is 0 Å².